The Hall–Kier alpha value is -4.90. The van der Waals surface area contributed by atoms with Crippen LogP contribution in [0.15, 0.2) is 36.4 Å². The molecular weight excluding hydrogens is 638 g/mol. The van der Waals surface area contributed by atoms with Crippen LogP contribution in [0.3, 0.4) is 0 Å². The van der Waals surface area contributed by atoms with Gasteiger partial charge in [-0.05, 0) is 57.0 Å². The summed E-state index contributed by atoms with van der Waals surface area (Å²) in [5.74, 6) is -7.48. The van der Waals surface area contributed by atoms with E-state index in [2.05, 4.69) is 9.47 Å². The van der Waals surface area contributed by atoms with Gasteiger partial charge in [0.15, 0.2) is 11.8 Å². The summed E-state index contributed by atoms with van der Waals surface area (Å²) in [6.07, 6.45) is -9.74. The molecule has 12 nitrogen and oxygen atoms in total. The maximum Gasteiger partial charge on any atom is 0.423 e. The summed E-state index contributed by atoms with van der Waals surface area (Å²) in [4.78, 5) is 57.1. The van der Waals surface area contributed by atoms with Gasteiger partial charge in [-0.15, -0.1) is 0 Å². The molecule has 0 saturated heterocycles. The highest BCUT2D eigenvalue weighted by Gasteiger charge is 2.41. The van der Waals surface area contributed by atoms with E-state index >= 15 is 0 Å². The molecule has 0 fully saturated rings. The van der Waals surface area contributed by atoms with Crippen LogP contribution in [0, 0.1) is 10.1 Å². The van der Waals surface area contributed by atoms with Crippen molar-refractivity contribution in [3.05, 3.63) is 68.8 Å². The summed E-state index contributed by atoms with van der Waals surface area (Å²) in [6.45, 7) is 5.70. The summed E-state index contributed by atoms with van der Waals surface area (Å²) in [6, 6.07) is 4.69. The fourth-order valence-electron chi connectivity index (χ4n) is 3.76. The van der Waals surface area contributed by atoms with Gasteiger partial charge >= 0.3 is 36.2 Å². The Labute approximate surface area is 257 Å². The van der Waals surface area contributed by atoms with Gasteiger partial charge in [0.25, 0.3) is 5.69 Å². The normalized spacial score (nSPS) is 11.3. The Balaban J connectivity index is 0.000000462. The molecule has 0 unspecified atom stereocenters. The summed E-state index contributed by atoms with van der Waals surface area (Å²) >= 11 is 0. The third kappa shape index (κ3) is 10.6. The van der Waals surface area contributed by atoms with Crippen molar-refractivity contribution in [2.24, 2.45) is 0 Å². The third-order valence-corrected chi connectivity index (χ3v) is 5.66. The summed E-state index contributed by atoms with van der Waals surface area (Å²) in [7, 11) is 0. The molecule has 0 heterocycles. The number of nitro benzene ring substituents is 1. The number of rotatable bonds is 11. The van der Waals surface area contributed by atoms with E-state index < -0.39 is 81.1 Å². The smallest absolute Gasteiger partial charge is 0.423 e. The van der Waals surface area contributed by atoms with Gasteiger partial charge in [0.05, 0.1) is 36.9 Å². The lowest BCUT2D eigenvalue weighted by molar-refractivity contribution is -0.388. The molecule has 0 aliphatic carbocycles. The van der Waals surface area contributed by atoms with Crippen molar-refractivity contribution in [1.82, 2.24) is 0 Å². The number of hydrogen-bond donors (Lipinski definition) is 1. The number of nitrogen functional groups attached to an aromatic ring is 1. The van der Waals surface area contributed by atoms with Crippen LogP contribution in [0.5, 0.6) is 0 Å². The summed E-state index contributed by atoms with van der Waals surface area (Å²) in [5, 5.41) is 10.7. The van der Waals surface area contributed by atoms with Gasteiger partial charge in [-0.3, -0.25) is 29.3 Å². The summed E-state index contributed by atoms with van der Waals surface area (Å²) in [5.41, 5.74) is 0.345. The molecule has 0 aliphatic heterocycles. The van der Waals surface area contributed by atoms with Gasteiger partial charge in [0.1, 0.15) is 5.56 Å². The number of benzene rings is 2. The molecule has 2 aromatic rings. The molecule has 0 atom stereocenters. The number of esters is 4. The van der Waals surface area contributed by atoms with E-state index in [1.165, 1.54) is 33.8 Å². The number of nitro groups is 1. The first-order chi connectivity index (χ1) is 21.3. The Morgan fingerprint density at radius 1 is 0.674 bits per heavy atom. The number of carbonyl (C=O) groups excluding carboxylic acids is 4. The first-order valence-corrected chi connectivity index (χ1v) is 13.3. The molecule has 254 valence electrons. The fourth-order valence-corrected chi connectivity index (χ4v) is 3.76. The van der Waals surface area contributed by atoms with Crippen LogP contribution >= 0.6 is 0 Å². The number of nitrogens with two attached hydrogens (primary N) is 1. The van der Waals surface area contributed by atoms with Gasteiger partial charge in [-0.1, -0.05) is 12.1 Å². The minimum absolute atomic E-state index is 0.0180. The average molecular weight is 669 g/mol. The van der Waals surface area contributed by atoms with Crippen molar-refractivity contribution in [3.8, 4) is 0 Å². The second kappa shape index (κ2) is 17.0. The van der Waals surface area contributed by atoms with E-state index in [1.54, 1.807) is 0 Å². The molecule has 18 heteroatoms. The van der Waals surface area contributed by atoms with Crippen molar-refractivity contribution in [1.29, 1.82) is 0 Å². The largest absolute Gasteiger partial charge is 0.465 e. The molecule has 0 bridgehead atoms. The molecule has 0 aliphatic rings. The van der Waals surface area contributed by atoms with Crippen LogP contribution in [0.4, 0.5) is 37.7 Å². The Morgan fingerprint density at radius 2 is 1.00 bits per heavy atom. The third-order valence-electron chi connectivity index (χ3n) is 5.66. The Morgan fingerprint density at radius 3 is 1.30 bits per heavy atom. The quantitative estimate of drug-likeness (QED) is 0.0624. The topological polar surface area (TPSA) is 174 Å². The number of alkyl halides is 6. The highest BCUT2D eigenvalue weighted by Crippen LogP contribution is 2.38. The number of halogens is 6. The lowest BCUT2D eigenvalue weighted by atomic mass is 9.96. The minimum Gasteiger partial charge on any atom is -0.465 e. The first-order valence-electron chi connectivity index (χ1n) is 13.3. The van der Waals surface area contributed by atoms with Gasteiger partial charge < -0.3 is 24.7 Å². The highest BCUT2D eigenvalue weighted by atomic mass is 19.4. The fraction of sp³-hybridized carbons (Fsp3) is 0.429. The summed E-state index contributed by atoms with van der Waals surface area (Å²) < 4.78 is 96.5. The Kier molecular flexibility index (Phi) is 14.4. The number of hydrogen-bond acceptors (Lipinski definition) is 11. The van der Waals surface area contributed by atoms with E-state index in [9.17, 15) is 55.6 Å². The molecule has 0 spiro atoms. The van der Waals surface area contributed by atoms with Crippen LogP contribution in [0.2, 0.25) is 0 Å². The second-order valence-electron chi connectivity index (χ2n) is 8.75. The number of carbonyl (C=O) groups is 4. The van der Waals surface area contributed by atoms with Gasteiger partial charge in [0.2, 0.25) is 0 Å². The maximum absolute atomic E-state index is 13.0. The van der Waals surface area contributed by atoms with Gasteiger partial charge in [0, 0.05) is 11.8 Å². The minimum atomic E-state index is -5.04. The molecule has 0 radical (unpaired) electrons. The van der Waals surface area contributed by atoms with Crippen molar-refractivity contribution >= 4 is 35.3 Å². The highest BCUT2D eigenvalue weighted by molar-refractivity contribution is 6.01. The van der Waals surface area contributed by atoms with Crippen LogP contribution < -0.4 is 5.73 Å². The molecule has 0 amide bonds. The van der Waals surface area contributed by atoms with Crippen molar-refractivity contribution in [2.45, 2.75) is 51.9 Å². The lowest BCUT2D eigenvalue weighted by Gasteiger charge is -2.17. The van der Waals surface area contributed by atoms with E-state index in [0.29, 0.717) is 18.2 Å². The van der Waals surface area contributed by atoms with E-state index in [0.717, 1.165) is 12.1 Å². The SMILES string of the molecule is CCOC(=O)C(C(=O)OCC)c1ccc(N)c(C(F)(F)F)c1.CCOC(=O)C(C(=O)OCC)c1ccc([N+](=O)[O-])c(C(F)(F)F)c1. The Bertz CT molecular complexity index is 1380. The lowest BCUT2D eigenvalue weighted by Crippen LogP contribution is -2.26. The molecule has 2 rings (SSSR count). The first kappa shape index (κ1) is 39.1. The molecule has 46 heavy (non-hydrogen) atoms. The molecule has 2 N–H and O–H groups in total. The average Bonchev–Trinajstić information content (AvgIpc) is 2.94. The predicted molar refractivity (Wildman–Crippen MR) is 146 cm³/mol. The molecule has 2 aromatic carbocycles. The van der Waals surface area contributed by atoms with Crippen LogP contribution in [-0.4, -0.2) is 55.2 Å². The van der Waals surface area contributed by atoms with Crippen molar-refractivity contribution < 1.29 is 69.4 Å². The van der Waals surface area contributed by atoms with E-state index in [4.69, 9.17) is 15.2 Å². The van der Waals surface area contributed by atoms with Crippen LogP contribution in [-0.2, 0) is 50.5 Å². The maximum atomic E-state index is 13.0. The van der Waals surface area contributed by atoms with Crippen LogP contribution in [0.25, 0.3) is 0 Å². The molecular formula is C28H30F6N2O10. The molecule has 0 aromatic heterocycles. The van der Waals surface area contributed by atoms with Gasteiger partial charge in [-0.2, -0.15) is 26.3 Å². The standard InChI is InChI=1S/C14H14F3NO6.C14H16F3NO4/c1-3-23-12(19)11(13(20)24-4-2)8-5-6-10(18(21)22)9(7-8)14(15,16)17;1-3-21-12(19)11(13(20)22-4-2)8-5-6-10(18)9(7-8)14(15,16)17/h5-7,11H,3-4H2,1-2H3;5-7,11H,3-4,18H2,1-2H3. The number of anilines is 1. The second-order valence-corrected chi connectivity index (χ2v) is 8.75. The number of nitrogens with zero attached hydrogens (tertiary/aromatic N) is 1. The monoisotopic (exact) mass is 668 g/mol. The zero-order chi connectivity index (χ0) is 35.4. The zero-order valence-electron chi connectivity index (χ0n) is 24.8. The van der Waals surface area contributed by atoms with E-state index in [1.807, 2.05) is 0 Å². The van der Waals surface area contributed by atoms with Crippen molar-refractivity contribution in [3.63, 3.8) is 0 Å². The van der Waals surface area contributed by atoms with E-state index in [-0.39, 0.29) is 32.0 Å². The van der Waals surface area contributed by atoms with Gasteiger partial charge in [-0.25, -0.2) is 0 Å². The predicted octanol–water partition coefficient (Wildman–Crippen LogP) is 5.32. The molecule has 0 saturated carbocycles. The number of ether oxygens (including phenoxy) is 4. The zero-order valence-corrected chi connectivity index (χ0v) is 24.8. The van der Waals surface area contributed by atoms with Crippen LogP contribution in [0.1, 0.15) is 61.8 Å². The van der Waals surface area contributed by atoms with Crippen molar-refractivity contribution in [2.75, 3.05) is 32.2 Å².